The second-order valence-electron chi connectivity index (χ2n) is 4.07. The summed E-state index contributed by atoms with van der Waals surface area (Å²) >= 11 is 1.35. The molecule has 0 spiro atoms. The van der Waals surface area contributed by atoms with E-state index in [0.717, 1.165) is 11.3 Å². The highest BCUT2D eigenvalue weighted by Crippen LogP contribution is 2.16. The summed E-state index contributed by atoms with van der Waals surface area (Å²) in [4.78, 5) is 11.8. The molecule has 0 aliphatic heterocycles. The van der Waals surface area contributed by atoms with Crippen LogP contribution in [-0.2, 0) is 17.0 Å². The largest absolute Gasteiger partial charge is 0.399 e. The van der Waals surface area contributed by atoms with E-state index in [1.54, 1.807) is 0 Å². The minimum atomic E-state index is 0.171. The van der Waals surface area contributed by atoms with Crippen LogP contribution in [0.2, 0.25) is 0 Å². The zero-order valence-electron chi connectivity index (χ0n) is 10.0. The molecule has 0 fully saturated rings. The molecule has 0 aliphatic carbocycles. The summed E-state index contributed by atoms with van der Waals surface area (Å²) in [5, 5.41) is 0.171. The monoisotopic (exact) mass is 257 g/mol. The molecule has 3 heteroatoms. The van der Waals surface area contributed by atoms with Crippen LogP contribution in [0.1, 0.15) is 11.1 Å². The summed E-state index contributed by atoms with van der Waals surface area (Å²) in [6.07, 6.45) is 0.433. The van der Waals surface area contributed by atoms with Gasteiger partial charge in [0.05, 0.1) is 0 Å². The van der Waals surface area contributed by atoms with Gasteiger partial charge in [-0.1, -0.05) is 54.2 Å². The maximum absolute atomic E-state index is 11.8. The quantitative estimate of drug-likeness (QED) is 0.855. The summed E-state index contributed by atoms with van der Waals surface area (Å²) in [6, 6.07) is 17.5. The lowest BCUT2D eigenvalue weighted by Gasteiger charge is -2.02. The number of hydrogen-bond acceptors (Lipinski definition) is 3. The highest BCUT2D eigenvalue weighted by molar-refractivity contribution is 8.12. The van der Waals surface area contributed by atoms with Gasteiger partial charge in [-0.25, -0.2) is 0 Å². The van der Waals surface area contributed by atoms with Crippen LogP contribution in [0.3, 0.4) is 0 Å². The maximum Gasteiger partial charge on any atom is 0.193 e. The number of carbonyl (C=O) groups excluding carboxylic acids is 1. The normalized spacial score (nSPS) is 10.2. The fourth-order valence-electron chi connectivity index (χ4n) is 1.66. The molecule has 0 radical (unpaired) electrons. The van der Waals surface area contributed by atoms with Crippen molar-refractivity contribution in [2.75, 3.05) is 5.73 Å². The summed E-state index contributed by atoms with van der Waals surface area (Å²) in [5.74, 6) is 0.724. The molecule has 0 bridgehead atoms. The minimum absolute atomic E-state index is 0.171. The third-order valence-electron chi connectivity index (χ3n) is 2.54. The summed E-state index contributed by atoms with van der Waals surface area (Å²) in [7, 11) is 0. The zero-order valence-corrected chi connectivity index (χ0v) is 10.8. The molecule has 0 heterocycles. The van der Waals surface area contributed by atoms with Gasteiger partial charge in [0.25, 0.3) is 0 Å². The smallest absolute Gasteiger partial charge is 0.193 e. The topological polar surface area (TPSA) is 43.1 Å². The standard InChI is InChI=1S/C15H15NOS/c16-14-8-4-7-13(9-14)10-15(17)18-11-12-5-2-1-3-6-12/h1-9H,10-11,16H2. The first-order valence-electron chi connectivity index (χ1n) is 5.78. The van der Waals surface area contributed by atoms with Crippen molar-refractivity contribution in [3.63, 3.8) is 0 Å². The molecule has 18 heavy (non-hydrogen) atoms. The summed E-state index contributed by atoms with van der Waals surface area (Å²) in [5.41, 5.74) is 8.53. The molecule has 0 saturated heterocycles. The van der Waals surface area contributed by atoms with Crippen LogP contribution >= 0.6 is 11.8 Å². The highest BCUT2D eigenvalue weighted by atomic mass is 32.2. The van der Waals surface area contributed by atoms with E-state index in [9.17, 15) is 4.79 Å². The Balaban J connectivity index is 1.86. The van der Waals surface area contributed by atoms with E-state index in [4.69, 9.17) is 5.73 Å². The first-order chi connectivity index (χ1) is 8.74. The number of rotatable bonds is 4. The molecule has 2 rings (SSSR count). The van der Waals surface area contributed by atoms with Gasteiger partial charge in [-0.15, -0.1) is 0 Å². The van der Waals surface area contributed by atoms with Crippen molar-refractivity contribution < 1.29 is 4.79 Å². The van der Waals surface area contributed by atoms with Gasteiger partial charge in [-0.3, -0.25) is 4.79 Å². The number of hydrogen-bond donors (Lipinski definition) is 1. The van der Waals surface area contributed by atoms with Crippen molar-refractivity contribution in [3.05, 3.63) is 65.7 Å². The van der Waals surface area contributed by atoms with Crippen molar-refractivity contribution in [1.82, 2.24) is 0 Å². The first kappa shape index (κ1) is 12.7. The molecule has 2 nitrogen and oxygen atoms in total. The van der Waals surface area contributed by atoms with Crippen LogP contribution in [0.4, 0.5) is 5.69 Å². The Morgan fingerprint density at radius 2 is 1.72 bits per heavy atom. The number of nitrogens with two attached hydrogens (primary N) is 1. The second kappa shape index (κ2) is 6.26. The zero-order chi connectivity index (χ0) is 12.8. The Kier molecular flexibility index (Phi) is 4.42. The van der Waals surface area contributed by atoms with Crippen molar-refractivity contribution in [3.8, 4) is 0 Å². The fraction of sp³-hybridized carbons (Fsp3) is 0.133. The van der Waals surface area contributed by atoms with Crippen LogP contribution < -0.4 is 5.73 Å². The molecular weight excluding hydrogens is 242 g/mol. The fourth-order valence-corrected chi connectivity index (χ4v) is 2.45. The average Bonchev–Trinajstić information content (AvgIpc) is 2.38. The van der Waals surface area contributed by atoms with Gasteiger partial charge in [0.15, 0.2) is 5.12 Å². The molecule has 2 N–H and O–H groups in total. The van der Waals surface area contributed by atoms with E-state index in [0.29, 0.717) is 12.1 Å². The van der Waals surface area contributed by atoms with E-state index in [2.05, 4.69) is 0 Å². The van der Waals surface area contributed by atoms with E-state index in [1.165, 1.54) is 17.3 Å². The van der Waals surface area contributed by atoms with Crippen molar-refractivity contribution in [1.29, 1.82) is 0 Å². The van der Waals surface area contributed by atoms with Crippen LogP contribution in [0, 0.1) is 0 Å². The van der Waals surface area contributed by atoms with Gasteiger partial charge < -0.3 is 5.73 Å². The molecule has 92 valence electrons. The van der Waals surface area contributed by atoms with Crippen LogP contribution in [0.15, 0.2) is 54.6 Å². The average molecular weight is 257 g/mol. The Labute approximate surface area is 111 Å². The SMILES string of the molecule is Nc1cccc(CC(=O)SCc2ccccc2)c1. The Bertz CT molecular complexity index is 525. The number of anilines is 1. The Morgan fingerprint density at radius 1 is 1.00 bits per heavy atom. The predicted octanol–water partition coefficient (Wildman–Crippen LogP) is 3.27. The Hall–Kier alpha value is -1.74. The summed E-state index contributed by atoms with van der Waals surface area (Å²) in [6.45, 7) is 0. The molecule has 0 unspecified atom stereocenters. The lowest BCUT2D eigenvalue weighted by molar-refractivity contribution is -0.110. The van der Waals surface area contributed by atoms with E-state index in [1.807, 2.05) is 54.6 Å². The van der Waals surface area contributed by atoms with Crippen molar-refractivity contribution >= 4 is 22.6 Å². The molecule has 2 aromatic rings. The molecule has 2 aromatic carbocycles. The lowest BCUT2D eigenvalue weighted by Crippen LogP contribution is -1.99. The van der Waals surface area contributed by atoms with Crippen molar-refractivity contribution in [2.24, 2.45) is 0 Å². The van der Waals surface area contributed by atoms with Gasteiger partial charge in [0, 0.05) is 17.9 Å². The third-order valence-corrected chi connectivity index (χ3v) is 3.49. The van der Waals surface area contributed by atoms with Gasteiger partial charge in [-0.2, -0.15) is 0 Å². The van der Waals surface area contributed by atoms with Gasteiger partial charge >= 0.3 is 0 Å². The predicted molar refractivity (Wildman–Crippen MR) is 77.3 cm³/mol. The molecule has 0 aliphatic rings. The van der Waals surface area contributed by atoms with E-state index < -0.39 is 0 Å². The first-order valence-corrected chi connectivity index (χ1v) is 6.76. The van der Waals surface area contributed by atoms with Gasteiger partial charge in [0.2, 0.25) is 0 Å². The van der Waals surface area contributed by atoms with Crippen LogP contribution in [0.25, 0.3) is 0 Å². The molecule has 0 atom stereocenters. The van der Waals surface area contributed by atoms with Crippen LogP contribution in [0.5, 0.6) is 0 Å². The van der Waals surface area contributed by atoms with Gasteiger partial charge in [-0.05, 0) is 23.3 Å². The minimum Gasteiger partial charge on any atom is -0.399 e. The molecule has 0 aromatic heterocycles. The van der Waals surface area contributed by atoms with E-state index in [-0.39, 0.29) is 5.12 Å². The Morgan fingerprint density at radius 3 is 2.44 bits per heavy atom. The van der Waals surface area contributed by atoms with Crippen molar-refractivity contribution in [2.45, 2.75) is 12.2 Å². The highest BCUT2D eigenvalue weighted by Gasteiger charge is 2.05. The molecule has 0 saturated carbocycles. The maximum atomic E-state index is 11.8. The molecular formula is C15H15NOS. The number of benzene rings is 2. The van der Waals surface area contributed by atoms with E-state index >= 15 is 0 Å². The van der Waals surface area contributed by atoms with Crippen LogP contribution in [-0.4, -0.2) is 5.12 Å². The number of carbonyl (C=O) groups is 1. The lowest BCUT2D eigenvalue weighted by atomic mass is 10.1. The third kappa shape index (κ3) is 3.93. The number of nitrogen functional groups attached to an aromatic ring is 1. The number of thioether (sulfide) groups is 1. The second-order valence-corrected chi connectivity index (χ2v) is 5.10. The molecule has 0 amide bonds. The van der Waals surface area contributed by atoms with Gasteiger partial charge in [0.1, 0.15) is 0 Å². The summed E-state index contributed by atoms with van der Waals surface area (Å²) < 4.78 is 0.